The quantitative estimate of drug-likeness (QED) is 0.341. The van der Waals surface area contributed by atoms with E-state index < -0.39 is 11.6 Å². The SMILES string of the molecule is CC1CCCCN1CCCNc1ccc(N=Cc2c(O)[nH]c3cccc(F)c23)cc1F. The third kappa shape index (κ3) is 4.88. The predicted molar refractivity (Wildman–Crippen MR) is 122 cm³/mol. The third-order valence-corrected chi connectivity index (χ3v) is 5.96. The molecule has 0 aliphatic carbocycles. The van der Waals surface area contributed by atoms with Gasteiger partial charge in [0.15, 0.2) is 5.88 Å². The lowest BCUT2D eigenvalue weighted by Crippen LogP contribution is -2.38. The van der Waals surface area contributed by atoms with Gasteiger partial charge in [0.1, 0.15) is 11.6 Å². The van der Waals surface area contributed by atoms with Crippen molar-refractivity contribution in [2.75, 3.05) is 25.0 Å². The average molecular weight is 427 g/mol. The molecule has 164 valence electrons. The summed E-state index contributed by atoms with van der Waals surface area (Å²) in [5, 5.41) is 13.5. The molecule has 0 amide bonds. The van der Waals surface area contributed by atoms with Gasteiger partial charge in [0.2, 0.25) is 0 Å². The number of benzene rings is 2. The second-order valence-corrected chi connectivity index (χ2v) is 8.13. The second-order valence-electron chi connectivity index (χ2n) is 8.13. The summed E-state index contributed by atoms with van der Waals surface area (Å²) >= 11 is 0. The maximum Gasteiger partial charge on any atom is 0.198 e. The molecule has 1 atom stereocenters. The van der Waals surface area contributed by atoms with Gasteiger partial charge in [-0.2, -0.15) is 0 Å². The van der Waals surface area contributed by atoms with Gasteiger partial charge in [0.05, 0.1) is 22.5 Å². The molecule has 4 rings (SSSR count). The van der Waals surface area contributed by atoms with Gasteiger partial charge in [-0.05, 0) is 57.0 Å². The molecule has 5 nitrogen and oxygen atoms in total. The normalized spacial score (nSPS) is 17.6. The van der Waals surface area contributed by atoms with E-state index in [4.69, 9.17) is 0 Å². The fraction of sp³-hybridized carbons (Fsp3) is 0.375. The van der Waals surface area contributed by atoms with Gasteiger partial charge in [0, 0.05) is 36.8 Å². The van der Waals surface area contributed by atoms with Crippen LogP contribution in [0.25, 0.3) is 10.9 Å². The molecule has 0 spiro atoms. The maximum atomic E-state index is 14.5. The smallest absolute Gasteiger partial charge is 0.198 e. The van der Waals surface area contributed by atoms with Gasteiger partial charge in [-0.3, -0.25) is 4.99 Å². The molecule has 2 heterocycles. The van der Waals surface area contributed by atoms with E-state index in [1.165, 1.54) is 37.6 Å². The third-order valence-electron chi connectivity index (χ3n) is 5.96. The van der Waals surface area contributed by atoms with E-state index in [1.54, 1.807) is 24.3 Å². The van der Waals surface area contributed by atoms with Crippen LogP contribution in [0.4, 0.5) is 20.2 Å². The highest BCUT2D eigenvalue weighted by molar-refractivity contribution is 6.02. The van der Waals surface area contributed by atoms with Crippen molar-refractivity contribution in [3.63, 3.8) is 0 Å². The van der Waals surface area contributed by atoms with E-state index >= 15 is 0 Å². The molecule has 1 saturated heterocycles. The minimum absolute atomic E-state index is 0.175. The monoisotopic (exact) mass is 426 g/mol. The van der Waals surface area contributed by atoms with Crippen LogP contribution in [0.3, 0.4) is 0 Å². The van der Waals surface area contributed by atoms with E-state index in [1.807, 2.05) is 0 Å². The lowest BCUT2D eigenvalue weighted by molar-refractivity contribution is 0.160. The van der Waals surface area contributed by atoms with Crippen LogP contribution in [0.5, 0.6) is 5.88 Å². The van der Waals surface area contributed by atoms with Crippen molar-refractivity contribution >= 4 is 28.5 Å². The Morgan fingerprint density at radius 3 is 2.90 bits per heavy atom. The summed E-state index contributed by atoms with van der Waals surface area (Å²) in [4.78, 5) is 9.44. The number of nitrogens with zero attached hydrogens (tertiary/aromatic N) is 2. The Bertz CT molecular complexity index is 1080. The highest BCUT2D eigenvalue weighted by Crippen LogP contribution is 2.29. The Labute approximate surface area is 180 Å². The molecule has 2 aromatic carbocycles. The molecule has 1 aromatic heterocycles. The predicted octanol–water partition coefficient (Wildman–Crippen LogP) is 5.58. The number of H-pyrrole nitrogens is 1. The summed E-state index contributed by atoms with van der Waals surface area (Å²) in [6, 6.07) is 9.85. The molecule has 1 aliphatic rings. The van der Waals surface area contributed by atoms with Crippen LogP contribution < -0.4 is 5.32 Å². The molecule has 3 aromatic rings. The van der Waals surface area contributed by atoms with Crippen LogP contribution in [-0.4, -0.2) is 46.9 Å². The molecule has 1 unspecified atom stereocenters. The zero-order valence-electron chi connectivity index (χ0n) is 17.7. The van der Waals surface area contributed by atoms with Crippen LogP contribution in [0.15, 0.2) is 41.4 Å². The fourth-order valence-electron chi connectivity index (χ4n) is 4.20. The van der Waals surface area contributed by atoms with Crippen molar-refractivity contribution in [3.8, 4) is 5.88 Å². The molecular weight excluding hydrogens is 398 g/mol. The number of rotatable bonds is 7. The number of halogens is 2. The lowest BCUT2D eigenvalue weighted by Gasteiger charge is -2.33. The summed E-state index contributed by atoms with van der Waals surface area (Å²) in [5.74, 6) is -1.03. The number of aliphatic imine (C=N–C) groups is 1. The van der Waals surface area contributed by atoms with Crippen LogP contribution in [0.2, 0.25) is 0 Å². The Morgan fingerprint density at radius 1 is 1.23 bits per heavy atom. The molecule has 31 heavy (non-hydrogen) atoms. The van der Waals surface area contributed by atoms with Crippen LogP contribution in [-0.2, 0) is 0 Å². The summed E-state index contributed by atoms with van der Waals surface area (Å²) in [6.07, 6.45) is 6.13. The van der Waals surface area contributed by atoms with Gasteiger partial charge >= 0.3 is 0 Å². The van der Waals surface area contributed by atoms with Crippen molar-refractivity contribution in [1.29, 1.82) is 0 Å². The van der Waals surface area contributed by atoms with Gasteiger partial charge in [-0.15, -0.1) is 0 Å². The lowest BCUT2D eigenvalue weighted by atomic mass is 10.0. The van der Waals surface area contributed by atoms with Gasteiger partial charge in [-0.25, -0.2) is 8.78 Å². The zero-order valence-corrected chi connectivity index (χ0v) is 17.7. The molecule has 1 aliphatic heterocycles. The van der Waals surface area contributed by atoms with E-state index in [-0.39, 0.29) is 16.8 Å². The molecule has 0 radical (unpaired) electrons. The van der Waals surface area contributed by atoms with Crippen molar-refractivity contribution in [1.82, 2.24) is 9.88 Å². The number of fused-ring (bicyclic) bond motifs is 1. The first-order chi connectivity index (χ1) is 15.0. The Kier molecular flexibility index (Phi) is 6.51. The van der Waals surface area contributed by atoms with E-state index in [9.17, 15) is 13.9 Å². The molecular formula is C24H28F2N4O. The van der Waals surface area contributed by atoms with Crippen molar-refractivity contribution in [2.45, 2.75) is 38.6 Å². The summed E-state index contributed by atoms with van der Waals surface area (Å²) in [7, 11) is 0. The first-order valence-corrected chi connectivity index (χ1v) is 10.8. The van der Waals surface area contributed by atoms with Gasteiger partial charge < -0.3 is 20.3 Å². The van der Waals surface area contributed by atoms with E-state index in [0.717, 1.165) is 19.5 Å². The van der Waals surface area contributed by atoms with E-state index in [2.05, 4.69) is 27.1 Å². The number of hydrogen-bond donors (Lipinski definition) is 3. The minimum Gasteiger partial charge on any atom is -0.494 e. The number of aromatic amines is 1. The molecule has 1 fully saturated rings. The van der Waals surface area contributed by atoms with Crippen LogP contribution >= 0.6 is 0 Å². The number of aromatic nitrogens is 1. The molecule has 0 saturated carbocycles. The zero-order chi connectivity index (χ0) is 21.8. The second kappa shape index (κ2) is 9.47. The van der Waals surface area contributed by atoms with Crippen molar-refractivity contribution < 1.29 is 13.9 Å². The molecule has 3 N–H and O–H groups in total. The average Bonchev–Trinajstić information content (AvgIpc) is 3.08. The number of likely N-dealkylation sites (tertiary alicyclic amines) is 1. The number of aromatic hydroxyl groups is 1. The number of nitrogens with one attached hydrogen (secondary N) is 2. The number of anilines is 1. The maximum absolute atomic E-state index is 14.5. The fourth-order valence-corrected chi connectivity index (χ4v) is 4.20. The first-order valence-electron chi connectivity index (χ1n) is 10.8. The van der Waals surface area contributed by atoms with Crippen LogP contribution in [0.1, 0.15) is 38.2 Å². The highest BCUT2D eigenvalue weighted by Gasteiger charge is 2.17. The molecule has 0 bridgehead atoms. The minimum atomic E-state index is -0.458. The number of hydrogen-bond acceptors (Lipinski definition) is 4. The Morgan fingerprint density at radius 2 is 2.10 bits per heavy atom. The van der Waals surface area contributed by atoms with Crippen molar-refractivity contribution in [2.24, 2.45) is 4.99 Å². The Hall–Kier alpha value is -2.93. The van der Waals surface area contributed by atoms with Crippen LogP contribution in [0, 0.1) is 11.6 Å². The standard InChI is InChI=1S/C24H28F2N4O/c1-16-6-2-3-12-30(16)13-5-11-27-21-10-9-17(14-20(21)26)28-15-18-23-19(25)7-4-8-22(23)29-24(18)31/h4,7-10,14-16,27,29,31H,2-3,5-6,11-13H2,1H3. The van der Waals surface area contributed by atoms with Crippen molar-refractivity contribution in [3.05, 3.63) is 53.6 Å². The topological polar surface area (TPSA) is 63.6 Å². The summed E-state index contributed by atoms with van der Waals surface area (Å²) in [5.41, 5.74) is 1.54. The summed E-state index contributed by atoms with van der Waals surface area (Å²) < 4.78 is 28.6. The summed E-state index contributed by atoms with van der Waals surface area (Å²) in [6.45, 7) is 5.14. The van der Waals surface area contributed by atoms with Gasteiger partial charge in [-0.1, -0.05) is 12.5 Å². The highest BCUT2D eigenvalue weighted by atomic mass is 19.1. The Balaban J connectivity index is 1.37. The largest absolute Gasteiger partial charge is 0.494 e. The number of piperidine rings is 1. The first kappa shape index (κ1) is 21.3. The van der Waals surface area contributed by atoms with E-state index in [0.29, 0.717) is 29.5 Å². The van der Waals surface area contributed by atoms with Gasteiger partial charge in [0.25, 0.3) is 0 Å². The molecule has 7 heteroatoms.